The van der Waals surface area contributed by atoms with Crippen molar-refractivity contribution in [2.45, 2.75) is 44.5 Å². The molecule has 1 fully saturated rings. The number of thiocarbonyl (C=S) groups is 1. The van der Waals surface area contributed by atoms with Gasteiger partial charge in [0, 0.05) is 6.54 Å². The van der Waals surface area contributed by atoms with Crippen LogP contribution in [0, 0.1) is 11.0 Å². The van der Waals surface area contributed by atoms with Crippen molar-refractivity contribution in [2.75, 3.05) is 6.54 Å². The molecule has 1 aliphatic rings. The maximum absolute atomic E-state index is 13.9. The molecule has 0 unspecified atom stereocenters. The second kappa shape index (κ2) is 7.36. The molecule has 0 amide bonds. The number of hydrogen-bond acceptors (Lipinski definition) is 3. The summed E-state index contributed by atoms with van der Waals surface area (Å²) in [5, 5.41) is 13.0. The van der Waals surface area contributed by atoms with Gasteiger partial charge >= 0.3 is 0 Å². The molecule has 7 heteroatoms. The fraction of sp³-hybridized carbons (Fsp3) is 0.500. The van der Waals surface area contributed by atoms with E-state index < -0.39 is 12.0 Å². The molecule has 1 saturated heterocycles. The summed E-state index contributed by atoms with van der Waals surface area (Å²) in [5.41, 5.74) is 0.109. The van der Waals surface area contributed by atoms with Gasteiger partial charge in [-0.05, 0) is 32.4 Å². The highest BCUT2D eigenvalue weighted by Crippen LogP contribution is 2.41. The van der Waals surface area contributed by atoms with Gasteiger partial charge in [-0.25, -0.2) is 4.39 Å². The van der Waals surface area contributed by atoms with Crippen LogP contribution in [0.2, 0.25) is 5.02 Å². The third kappa shape index (κ3) is 3.98. The van der Waals surface area contributed by atoms with Crippen LogP contribution in [0.5, 0.6) is 0 Å². The highest BCUT2D eigenvalue weighted by Gasteiger charge is 2.50. The van der Waals surface area contributed by atoms with Crippen molar-refractivity contribution in [3.8, 4) is 0 Å². The summed E-state index contributed by atoms with van der Waals surface area (Å²) >= 11 is 12.9. The van der Waals surface area contributed by atoms with Crippen LogP contribution < -0.4 is 0 Å². The van der Waals surface area contributed by atoms with Crippen LogP contribution >= 0.6 is 35.6 Å². The zero-order valence-corrected chi connectivity index (χ0v) is 15.8. The fourth-order valence-corrected chi connectivity index (χ4v) is 4.77. The fourth-order valence-electron chi connectivity index (χ4n) is 2.63. The maximum Gasteiger partial charge on any atom is 0.254 e. The maximum atomic E-state index is 13.9. The molecular formula is C16H20ClFN2OS2. The zero-order chi connectivity index (χ0) is 17.2. The number of halogens is 2. The normalized spacial score (nSPS) is 21.1. The largest absolute Gasteiger partial charge is 0.622 e. The number of hydrogen-bond donors (Lipinski definition) is 0. The van der Waals surface area contributed by atoms with E-state index in [1.54, 1.807) is 6.07 Å². The van der Waals surface area contributed by atoms with E-state index in [0.717, 1.165) is 17.6 Å². The summed E-state index contributed by atoms with van der Waals surface area (Å²) in [7, 11) is 0. The molecule has 0 saturated carbocycles. The highest BCUT2D eigenvalue weighted by molar-refractivity contribution is 8.24. The quantitative estimate of drug-likeness (QED) is 0.247. The lowest BCUT2D eigenvalue weighted by molar-refractivity contribution is -0.523. The summed E-state index contributed by atoms with van der Waals surface area (Å²) in [4.78, 5) is 1.93. The first kappa shape index (κ1) is 18.5. The Bertz CT molecular complexity index is 616. The summed E-state index contributed by atoms with van der Waals surface area (Å²) < 4.78 is 15.0. The molecule has 0 N–H and O–H groups in total. The summed E-state index contributed by atoms with van der Waals surface area (Å²) in [6, 6.07) is 4.38. The van der Waals surface area contributed by atoms with Crippen LogP contribution in [-0.2, 0) is 0 Å². The highest BCUT2D eigenvalue weighted by atomic mass is 35.5. The van der Waals surface area contributed by atoms with Crippen molar-refractivity contribution in [2.24, 2.45) is 0 Å². The molecule has 23 heavy (non-hydrogen) atoms. The average Bonchev–Trinajstić information content (AvgIpc) is 2.69. The van der Waals surface area contributed by atoms with Crippen LogP contribution in [0.3, 0.4) is 0 Å². The molecule has 1 aromatic rings. The standard InChI is InChI=1S/C16H20ClFN2OS2/c1-4-5-9-19-14(16(2,3)23-15(19)22)20(21)10-11-12(17)7-6-8-13(11)18/h6-8,10,14H,4-5,9H2,1-3H3/b20-10-/t14-/m0/s1. The molecule has 2 rings (SSSR count). The second-order valence-electron chi connectivity index (χ2n) is 6.02. The Balaban J connectivity index is 2.39. The van der Waals surface area contributed by atoms with Crippen molar-refractivity contribution in [1.29, 1.82) is 0 Å². The van der Waals surface area contributed by atoms with Crippen LogP contribution in [0.4, 0.5) is 4.39 Å². The molecule has 1 atom stereocenters. The van der Waals surface area contributed by atoms with Gasteiger partial charge in [-0.15, -0.1) is 0 Å². The second-order valence-corrected chi connectivity index (χ2v) is 8.71. The first-order valence-corrected chi connectivity index (χ1v) is 9.12. The Morgan fingerprint density at radius 3 is 2.83 bits per heavy atom. The summed E-state index contributed by atoms with van der Waals surface area (Å²) in [6.07, 6.45) is 2.71. The average molecular weight is 375 g/mol. The van der Waals surface area contributed by atoms with Gasteiger partial charge in [-0.2, -0.15) is 4.74 Å². The SMILES string of the molecule is CCCCN1C(=S)SC(C)(C)[C@@H]1/[N+]([O-])=C/c1c(F)cccc1Cl. The van der Waals surface area contributed by atoms with Gasteiger partial charge in [-0.3, -0.25) is 4.90 Å². The minimum atomic E-state index is -0.510. The van der Waals surface area contributed by atoms with Gasteiger partial charge < -0.3 is 5.21 Å². The molecule has 1 aliphatic heterocycles. The molecule has 126 valence electrons. The third-order valence-electron chi connectivity index (χ3n) is 3.75. The number of thioether (sulfide) groups is 1. The molecule has 1 heterocycles. The van der Waals surface area contributed by atoms with Gasteiger partial charge in [0.05, 0.1) is 10.6 Å². The van der Waals surface area contributed by atoms with Crippen LogP contribution in [-0.4, -0.2) is 37.6 Å². The van der Waals surface area contributed by atoms with Crippen molar-refractivity contribution in [1.82, 2.24) is 4.90 Å². The van der Waals surface area contributed by atoms with Gasteiger partial charge in [0.2, 0.25) is 0 Å². The van der Waals surface area contributed by atoms with Crippen LogP contribution in [0.15, 0.2) is 18.2 Å². The summed E-state index contributed by atoms with van der Waals surface area (Å²) in [6.45, 7) is 6.76. The molecule has 3 nitrogen and oxygen atoms in total. The van der Waals surface area contributed by atoms with E-state index in [4.69, 9.17) is 23.8 Å². The van der Waals surface area contributed by atoms with E-state index >= 15 is 0 Å². The molecular weight excluding hydrogens is 355 g/mol. The summed E-state index contributed by atoms with van der Waals surface area (Å²) in [5.74, 6) is -0.510. The molecule has 0 spiro atoms. The van der Waals surface area contributed by atoms with Crippen molar-refractivity contribution < 1.29 is 9.13 Å². The number of unbranched alkanes of at least 4 members (excludes halogenated alkanes) is 1. The Kier molecular flexibility index (Phi) is 5.92. The Morgan fingerprint density at radius 1 is 1.52 bits per heavy atom. The van der Waals surface area contributed by atoms with Gasteiger partial charge in [-0.1, -0.05) is 55.0 Å². The predicted octanol–water partition coefficient (Wildman–Crippen LogP) is 4.65. The lowest BCUT2D eigenvalue weighted by Crippen LogP contribution is -2.48. The van der Waals surface area contributed by atoms with Crippen LogP contribution in [0.25, 0.3) is 0 Å². The van der Waals surface area contributed by atoms with Gasteiger partial charge in [0.25, 0.3) is 6.17 Å². The predicted molar refractivity (Wildman–Crippen MR) is 99.9 cm³/mol. The molecule has 1 aromatic carbocycles. The number of benzene rings is 1. The third-order valence-corrected chi connectivity index (χ3v) is 5.71. The minimum Gasteiger partial charge on any atom is -0.622 e. The lowest BCUT2D eigenvalue weighted by atomic mass is 10.1. The van der Waals surface area contributed by atoms with Crippen molar-refractivity contribution >= 4 is 46.1 Å². The van der Waals surface area contributed by atoms with E-state index in [-0.39, 0.29) is 15.3 Å². The van der Waals surface area contributed by atoms with E-state index in [9.17, 15) is 9.60 Å². The van der Waals surface area contributed by atoms with Gasteiger partial charge in [0.15, 0.2) is 6.21 Å². The van der Waals surface area contributed by atoms with Gasteiger partial charge in [0.1, 0.15) is 14.9 Å². The molecule has 0 aliphatic carbocycles. The zero-order valence-electron chi connectivity index (χ0n) is 13.4. The van der Waals surface area contributed by atoms with Crippen molar-refractivity contribution in [3.05, 3.63) is 39.8 Å². The Morgan fingerprint density at radius 2 is 2.22 bits per heavy atom. The first-order chi connectivity index (χ1) is 10.8. The topological polar surface area (TPSA) is 29.3 Å². The van der Waals surface area contributed by atoms with E-state index in [0.29, 0.717) is 10.9 Å². The number of rotatable bonds is 5. The monoisotopic (exact) mass is 374 g/mol. The smallest absolute Gasteiger partial charge is 0.254 e. The number of nitrogens with zero attached hydrogens (tertiary/aromatic N) is 2. The lowest BCUT2D eigenvalue weighted by Gasteiger charge is -2.29. The van der Waals surface area contributed by atoms with Crippen molar-refractivity contribution in [3.63, 3.8) is 0 Å². The van der Waals surface area contributed by atoms with E-state index in [2.05, 4.69) is 6.92 Å². The Hall–Kier alpha value is -0.850. The minimum absolute atomic E-state index is 0.109. The molecule has 0 radical (unpaired) electrons. The molecule has 0 aromatic heterocycles. The number of hydroxylamine groups is 1. The van der Waals surface area contributed by atoms with E-state index in [1.807, 2.05) is 18.7 Å². The van der Waals surface area contributed by atoms with E-state index in [1.165, 1.54) is 30.1 Å². The first-order valence-electron chi connectivity index (χ1n) is 7.52. The molecule has 0 bridgehead atoms. The Labute approximate surface area is 151 Å². The van der Waals surface area contributed by atoms with Crippen LogP contribution in [0.1, 0.15) is 39.2 Å².